The molecule has 7 heteroatoms. The lowest BCUT2D eigenvalue weighted by molar-refractivity contribution is -0.209. The van der Waals surface area contributed by atoms with E-state index < -0.39 is 36.6 Å². The van der Waals surface area contributed by atoms with Crippen LogP contribution in [0.25, 0.3) is 0 Å². The van der Waals surface area contributed by atoms with Gasteiger partial charge in [0.25, 0.3) is 0 Å². The molecule has 0 radical (unpaired) electrons. The number of carboxylic acid groups (broad SMARTS) is 1. The van der Waals surface area contributed by atoms with Gasteiger partial charge in [-0.3, -0.25) is 0 Å². The van der Waals surface area contributed by atoms with E-state index in [1.807, 2.05) is 0 Å². The molecule has 5 atom stereocenters. The van der Waals surface area contributed by atoms with Crippen molar-refractivity contribution < 1.29 is 30.0 Å². The normalized spacial score (nSPS) is 33.7. The molecule has 1 aliphatic heterocycles. The van der Waals surface area contributed by atoms with Crippen LogP contribution in [0.1, 0.15) is 17.3 Å². The molecule has 1 aliphatic rings. The Hall–Kier alpha value is -1.67. The third-order valence-electron chi connectivity index (χ3n) is 3.29. The van der Waals surface area contributed by atoms with Crippen molar-refractivity contribution >= 4 is 11.7 Å². The van der Waals surface area contributed by atoms with Crippen LogP contribution >= 0.6 is 0 Å². The third kappa shape index (κ3) is 2.91. The Kier molecular flexibility index (Phi) is 4.24. The fourth-order valence-corrected chi connectivity index (χ4v) is 2.04. The molecule has 110 valence electrons. The van der Waals surface area contributed by atoms with Crippen molar-refractivity contribution in [3.63, 3.8) is 0 Å². The molecule has 1 heterocycles. The van der Waals surface area contributed by atoms with Crippen LogP contribution < -0.4 is 5.32 Å². The zero-order valence-electron chi connectivity index (χ0n) is 10.8. The predicted molar refractivity (Wildman–Crippen MR) is 69.4 cm³/mol. The van der Waals surface area contributed by atoms with Crippen molar-refractivity contribution in [2.24, 2.45) is 0 Å². The quantitative estimate of drug-likeness (QED) is 0.513. The van der Waals surface area contributed by atoms with Crippen LogP contribution in [0.5, 0.6) is 0 Å². The van der Waals surface area contributed by atoms with E-state index in [9.17, 15) is 20.1 Å². The smallest absolute Gasteiger partial charge is 0.335 e. The molecule has 0 saturated carbocycles. The van der Waals surface area contributed by atoms with Gasteiger partial charge >= 0.3 is 5.97 Å². The van der Waals surface area contributed by atoms with Gasteiger partial charge in [0.2, 0.25) is 0 Å². The summed E-state index contributed by atoms with van der Waals surface area (Å²) in [6, 6.07) is 5.88. The van der Waals surface area contributed by atoms with Crippen molar-refractivity contribution in [3.05, 3.63) is 29.8 Å². The number of carboxylic acids is 1. The van der Waals surface area contributed by atoms with Crippen LogP contribution in [0, 0.1) is 0 Å². The van der Waals surface area contributed by atoms with Crippen molar-refractivity contribution in [2.75, 3.05) is 5.32 Å². The summed E-state index contributed by atoms with van der Waals surface area (Å²) in [6.45, 7) is 1.59. The van der Waals surface area contributed by atoms with Gasteiger partial charge in [-0.15, -0.1) is 0 Å². The molecule has 2 rings (SSSR count). The monoisotopic (exact) mass is 283 g/mol. The number of aromatic carboxylic acids is 1. The van der Waals surface area contributed by atoms with Gasteiger partial charge in [-0.2, -0.15) is 0 Å². The number of anilines is 1. The lowest BCUT2D eigenvalue weighted by Gasteiger charge is -2.39. The van der Waals surface area contributed by atoms with E-state index in [4.69, 9.17) is 9.84 Å². The zero-order chi connectivity index (χ0) is 14.9. The first kappa shape index (κ1) is 14.7. The largest absolute Gasteiger partial charge is 0.478 e. The molecule has 0 aromatic heterocycles. The minimum atomic E-state index is -1.31. The number of hydrogen-bond acceptors (Lipinski definition) is 6. The van der Waals surface area contributed by atoms with Crippen LogP contribution in [-0.4, -0.2) is 57.0 Å². The van der Waals surface area contributed by atoms with Gasteiger partial charge in [-0.1, -0.05) is 0 Å². The lowest BCUT2D eigenvalue weighted by atomic mass is 9.99. The second-order valence-corrected chi connectivity index (χ2v) is 4.76. The van der Waals surface area contributed by atoms with E-state index in [1.165, 1.54) is 24.3 Å². The fourth-order valence-electron chi connectivity index (χ4n) is 2.04. The summed E-state index contributed by atoms with van der Waals surface area (Å²) in [7, 11) is 0. The van der Waals surface area contributed by atoms with Crippen LogP contribution in [0.15, 0.2) is 24.3 Å². The molecule has 0 unspecified atom stereocenters. The highest BCUT2D eigenvalue weighted by molar-refractivity contribution is 5.87. The number of benzene rings is 1. The summed E-state index contributed by atoms with van der Waals surface area (Å²) in [5.74, 6) is -1.03. The van der Waals surface area contributed by atoms with E-state index in [-0.39, 0.29) is 5.56 Å². The Morgan fingerprint density at radius 3 is 2.25 bits per heavy atom. The summed E-state index contributed by atoms with van der Waals surface area (Å²) in [6.07, 6.45) is -5.28. The second-order valence-electron chi connectivity index (χ2n) is 4.76. The Morgan fingerprint density at radius 1 is 1.10 bits per heavy atom. The zero-order valence-corrected chi connectivity index (χ0v) is 10.8. The molecule has 1 saturated heterocycles. The van der Waals surface area contributed by atoms with Crippen LogP contribution in [-0.2, 0) is 4.74 Å². The first-order valence-electron chi connectivity index (χ1n) is 6.19. The van der Waals surface area contributed by atoms with Crippen molar-refractivity contribution in [2.45, 2.75) is 37.6 Å². The highest BCUT2D eigenvalue weighted by Gasteiger charge is 2.41. The van der Waals surface area contributed by atoms with E-state index >= 15 is 0 Å². The third-order valence-corrected chi connectivity index (χ3v) is 3.29. The van der Waals surface area contributed by atoms with E-state index in [1.54, 1.807) is 6.92 Å². The number of ether oxygens (including phenoxy) is 1. The van der Waals surface area contributed by atoms with Gasteiger partial charge in [0.1, 0.15) is 18.3 Å². The van der Waals surface area contributed by atoms with Crippen molar-refractivity contribution in [3.8, 4) is 0 Å². The van der Waals surface area contributed by atoms with Gasteiger partial charge in [0, 0.05) is 5.69 Å². The molecule has 0 spiro atoms. The molecular weight excluding hydrogens is 266 g/mol. The van der Waals surface area contributed by atoms with Crippen LogP contribution in [0.2, 0.25) is 0 Å². The lowest BCUT2D eigenvalue weighted by Crippen LogP contribution is -2.58. The maximum Gasteiger partial charge on any atom is 0.335 e. The summed E-state index contributed by atoms with van der Waals surface area (Å²) >= 11 is 0. The van der Waals surface area contributed by atoms with E-state index in [2.05, 4.69) is 5.32 Å². The summed E-state index contributed by atoms with van der Waals surface area (Å²) in [4.78, 5) is 10.7. The highest BCUT2D eigenvalue weighted by Crippen LogP contribution is 2.22. The maximum atomic E-state index is 10.7. The predicted octanol–water partition coefficient (Wildman–Crippen LogP) is -0.376. The van der Waals surface area contributed by atoms with Crippen LogP contribution in [0.4, 0.5) is 5.69 Å². The number of nitrogens with one attached hydrogen (secondary N) is 1. The first-order chi connectivity index (χ1) is 9.40. The molecule has 5 N–H and O–H groups in total. The Labute approximate surface area is 115 Å². The number of rotatable bonds is 3. The number of hydrogen-bond donors (Lipinski definition) is 5. The summed E-state index contributed by atoms with van der Waals surface area (Å²) in [5, 5.41) is 40.7. The molecule has 1 fully saturated rings. The fraction of sp³-hybridized carbons (Fsp3) is 0.462. The minimum absolute atomic E-state index is 0.143. The maximum absolute atomic E-state index is 10.7. The average Bonchev–Trinajstić information content (AvgIpc) is 2.43. The molecule has 1 aromatic carbocycles. The standard InChI is InChI=1S/C13H17NO6/c1-6-9(15)10(16)11(17)12(20-6)14-8-4-2-7(3-5-8)13(18)19/h2-6,9-12,14-17H,1H3,(H,18,19)/t6-,9-,10+,11+,12+/m0/s1. The topological polar surface area (TPSA) is 119 Å². The van der Waals surface area contributed by atoms with Gasteiger partial charge in [0.05, 0.1) is 11.7 Å². The molecule has 0 amide bonds. The summed E-state index contributed by atoms with van der Waals surface area (Å²) < 4.78 is 5.38. The Balaban J connectivity index is 2.07. The van der Waals surface area contributed by atoms with Crippen LogP contribution in [0.3, 0.4) is 0 Å². The number of carbonyl (C=O) groups is 1. The molecule has 0 aliphatic carbocycles. The van der Waals surface area contributed by atoms with Gasteiger partial charge in [0.15, 0.2) is 6.23 Å². The SMILES string of the molecule is C[C@@H]1O[C@@H](Nc2ccc(C(=O)O)cc2)[C@H](O)[C@H](O)[C@H]1O. The second kappa shape index (κ2) is 5.76. The molecule has 20 heavy (non-hydrogen) atoms. The van der Waals surface area contributed by atoms with Gasteiger partial charge in [-0.05, 0) is 31.2 Å². The number of aliphatic hydroxyl groups is 3. The van der Waals surface area contributed by atoms with E-state index in [0.29, 0.717) is 5.69 Å². The molecular formula is C13H17NO6. The number of aliphatic hydroxyl groups excluding tert-OH is 3. The Bertz CT molecular complexity index is 476. The highest BCUT2D eigenvalue weighted by atomic mass is 16.5. The van der Waals surface area contributed by atoms with E-state index in [0.717, 1.165) is 0 Å². The molecule has 7 nitrogen and oxygen atoms in total. The van der Waals surface area contributed by atoms with Gasteiger partial charge < -0.3 is 30.5 Å². The Morgan fingerprint density at radius 2 is 1.70 bits per heavy atom. The van der Waals surface area contributed by atoms with Gasteiger partial charge in [-0.25, -0.2) is 4.79 Å². The first-order valence-corrected chi connectivity index (χ1v) is 6.19. The molecule has 0 bridgehead atoms. The minimum Gasteiger partial charge on any atom is -0.478 e. The molecule has 1 aromatic rings. The van der Waals surface area contributed by atoms with Crippen molar-refractivity contribution in [1.29, 1.82) is 0 Å². The van der Waals surface area contributed by atoms with Crippen molar-refractivity contribution in [1.82, 2.24) is 0 Å². The average molecular weight is 283 g/mol. The summed E-state index contributed by atoms with van der Waals surface area (Å²) in [5.41, 5.74) is 0.680.